The van der Waals surface area contributed by atoms with Crippen LogP contribution in [0.3, 0.4) is 0 Å². The van der Waals surface area contributed by atoms with Gasteiger partial charge in [-0.05, 0) is 19.4 Å². The Morgan fingerprint density at radius 2 is 1.65 bits per heavy atom. The number of fused-ring (bicyclic) bond motifs is 1. The van der Waals surface area contributed by atoms with Crippen molar-refractivity contribution in [2.75, 3.05) is 0 Å². The van der Waals surface area contributed by atoms with Crippen LogP contribution < -0.4 is 10.9 Å². The normalized spacial score (nSPS) is 11.1. The van der Waals surface area contributed by atoms with E-state index in [4.69, 9.17) is 0 Å². The third kappa shape index (κ3) is 4.27. The Balaban J connectivity index is 1.59. The van der Waals surface area contributed by atoms with Crippen molar-refractivity contribution >= 4 is 11.4 Å². The van der Waals surface area contributed by atoms with E-state index in [1.807, 2.05) is 62.4 Å². The summed E-state index contributed by atoms with van der Waals surface area (Å²) < 4.78 is 2.79. The lowest BCUT2D eigenvalue weighted by Crippen LogP contribution is -2.32. The van der Waals surface area contributed by atoms with Crippen LogP contribution in [0.25, 0.3) is 16.8 Å². The highest BCUT2D eigenvalue weighted by Gasteiger charge is 2.18. The lowest BCUT2D eigenvalue weighted by Gasteiger charge is -2.08. The predicted octanol–water partition coefficient (Wildman–Crippen LogP) is 2.59. The van der Waals surface area contributed by atoms with Gasteiger partial charge in [0, 0.05) is 30.1 Å². The maximum atomic E-state index is 13.1. The highest BCUT2D eigenvalue weighted by Crippen LogP contribution is 2.25. The Morgan fingerprint density at radius 3 is 2.29 bits per heavy atom. The van der Waals surface area contributed by atoms with Crippen LogP contribution in [-0.2, 0) is 24.5 Å². The molecule has 0 aliphatic rings. The summed E-state index contributed by atoms with van der Waals surface area (Å²) in [6, 6.07) is 15.6. The molecule has 158 valence electrons. The van der Waals surface area contributed by atoms with Crippen LogP contribution in [0.2, 0.25) is 0 Å². The summed E-state index contributed by atoms with van der Waals surface area (Å²) in [7, 11) is 0. The molecule has 31 heavy (non-hydrogen) atoms. The number of aliphatic hydroxyl groups excluding tert-OH is 1. The molecule has 2 aromatic heterocycles. The van der Waals surface area contributed by atoms with Crippen molar-refractivity contribution in [2.45, 2.75) is 33.5 Å². The van der Waals surface area contributed by atoms with Gasteiger partial charge in [0.2, 0.25) is 5.91 Å². The van der Waals surface area contributed by atoms with E-state index in [1.54, 1.807) is 6.20 Å². The number of benzene rings is 2. The average molecular weight is 416 g/mol. The number of aryl methyl sites for hydroxylation is 2. The van der Waals surface area contributed by atoms with Crippen molar-refractivity contribution in [3.05, 3.63) is 93.5 Å². The van der Waals surface area contributed by atoms with Crippen LogP contribution in [0, 0.1) is 13.8 Å². The standard InChI is InChI=1S/C24H24N4O3/c1-16-3-7-18(8-4-16)13-25-21(30)14-27-11-12-28-23(24(27)31)20(15-29)22(26-28)19-9-5-17(2)6-10-19/h3-12,29H,13-15H2,1-2H3,(H,25,30). The third-order valence-corrected chi connectivity index (χ3v) is 5.27. The number of nitrogens with one attached hydrogen (secondary N) is 1. The predicted molar refractivity (Wildman–Crippen MR) is 119 cm³/mol. The highest BCUT2D eigenvalue weighted by atomic mass is 16.3. The van der Waals surface area contributed by atoms with Gasteiger partial charge in [-0.3, -0.25) is 9.59 Å². The van der Waals surface area contributed by atoms with E-state index in [-0.39, 0.29) is 30.1 Å². The molecule has 2 N–H and O–H groups in total. The van der Waals surface area contributed by atoms with Crippen molar-refractivity contribution in [3.8, 4) is 11.3 Å². The highest BCUT2D eigenvalue weighted by molar-refractivity contribution is 5.76. The summed E-state index contributed by atoms with van der Waals surface area (Å²) in [4.78, 5) is 25.5. The molecule has 0 spiro atoms. The lowest BCUT2D eigenvalue weighted by molar-refractivity contribution is -0.121. The van der Waals surface area contributed by atoms with Gasteiger partial charge >= 0.3 is 0 Å². The van der Waals surface area contributed by atoms with Gasteiger partial charge in [-0.1, -0.05) is 59.7 Å². The van der Waals surface area contributed by atoms with Crippen molar-refractivity contribution in [1.82, 2.24) is 19.5 Å². The molecule has 0 radical (unpaired) electrons. The van der Waals surface area contributed by atoms with Gasteiger partial charge < -0.3 is 15.0 Å². The van der Waals surface area contributed by atoms with E-state index >= 15 is 0 Å². The molecule has 0 saturated heterocycles. The Labute approximate surface area is 179 Å². The molecule has 0 unspecified atom stereocenters. The van der Waals surface area contributed by atoms with Crippen LogP contribution in [0.4, 0.5) is 0 Å². The molecule has 7 heteroatoms. The summed E-state index contributed by atoms with van der Waals surface area (Å²) >= 11 is 0. The van der Waals surface area contributed by atoms with Gasteiger partial charge in [0.05, 0.1) is 12.3 Å². The molecule has 0 bridgehead atoms. The van der Waals surface area contributed by atoms with E-state index in [0.29, 0.717) is 17.8 Å². The number of carbonyl (C=O) groups is 1. The average Bonchev–Trinajstić information content (AvgIpc) is 3.15. The summed E-state index contributed by atoms with van der Waals surface area (Å²) in [6.45, 7) is 3.94. The van der Waals surface area contributed by atoms with E-state index in [0.717, 1.165) is 22.3 Å². The zero-order chi connectivity index (χ0) is 22.0. The number of aromatic nitrogens is 3. The van der Waals surface area contributed by atoms with Crippen molar-refractivity contribution < 1.29 is 9.90 Å². The second-order valence-electron chi connectivity index (χ2n) is 7.64. The molecular weight excluding hydrogens is 392 g/mol. The van der Waals surface area contributed by atoms with Crippen molar-refractivity contribution in [1.29, 1.82) is 0 Å². The fourth-order valence-corrected chi connectivity index (χ4v) is 3.49. The fraction of sp³-hybridized carbons (Fsp3) is 0.208. The molecule has 0 fully saturated rings. The first-order valence-electron chi connectivity index (χ1n) is 10.1. The van der Waals surface area contributed by atoms with Crippen LogP contribution in [-0.4, -0.2) is 25.2 Å². The van der Waals surface area contributed by atoms with Crippen LogP contribution in [0.15, 0.2) is 65.7 Å². The second-order valence-corrected chi connectivity index (χ2v) is 7.64. The first kappa shape index (κ1) is 20.6. The Morgan fingerprint density at radius 1 is 1.00 bits per heavy atom. The van der Waals surface area contributed by atoms with Crippen molar-refractivity contribution in [3.63, 3.8) is 0 Å². The molecule has 4 rings (SSSR count). The molecule has 0 saturated carbocycles. The van der Waals surface area contributed by atoms with Crippen molar-refractivity contribution in [2.24, 2.45) is 0 Å². The van der Waals surface area contributed by atoms with Gasteiger partial charge in [-0.15, -0.1) is 0 Å². The second kappa shape index (κ2) is 8.57. The van der Waals surface area contributed by atoms with E-state index in [9.17, 15) is 14.7 Å². The quantitative estimate of drug-likeness (QED) is 0.506. The largest absolute Gasteiger partial charge is 0.392 e. The van der Waals surface area contributed by atoms with Gasteiger partial charge in [0.1, 0.15) is 12.1 Å². The molecular formula is C24H24N4O3. The summed E-state index contributed by atoms with van der Waals surface area (Å²) in [6.07, 6.45) is 3.16. The first-order valence-corrected chi connectivity index (χ1v) is 10.1. The minimum Gasteiger partial charge on any atom is -0.392 e. The molecule has 7 nitrogen and oxygen atoms in total. The van der Waals surface area contributed by atoms with Gasteiger partial charge in [0.25, 0.3) is 5.56 Å². The van der Waals surface area contributed by atoms with Gasteiger partial charge in [-0.25, -0.2) is 4.52 Å². The molecule has 0 aliphatic carbocycles. The van der Waals surface area contributed by atoms with Crippen LogP contribution in [0.5, 0.6) is 0 Å². The Kier molecular flexibility index (Phi) is 5.68. The Hall–Kier alpha value is -3.71. The zero-order valence-corrected chi connectivity index (χ0v) is 17.5. The number of rotatable bonds is 6. The minimum atomic E-state index is -0.372. The summed E-state index contributed by atoms with van der Waals surface area (Å²) in [5.74, 6) is -0.268. The molecule has 0 aliphatic heterocycles. The number of aliphatic hydroxyl groups is 1. The molecule has 0 atom stereocenters. The lowest BCUT2D eigenvalue weighted by atomic mass is 10.1. The first-order chi connectivity index (χ1) is 15.0. The summed E-state index contributed by atoms with van der Waals surface area (Å²) in [5, 5.41) is 17.3. The number of hydrogen-bond donors (Lipinski definition) is 2. The smallest absolute Gasteiger partial charge is 0.277 e. The summed E-state index contributed by atoms with van der Waals surface area (Å²) in [5.41, 5.74) is 4.97. The van der Waals surface area contributed by atoms with Crippen LogP contribution in [0.1, 0.15) is 22.3 Å². The third-order valence-electron chi connectivity index (χ3n) is 5.27. The molecule has 2 aromatic carbocycles. The fourth-order valence-electron chi connectivity index (χ4n) is 3.49. The van der Waals surface area contributed by atoms with Crippen LogP contribution >= 0.6 is 0 Å². The molecule has 2 heterocycles. The topological polar surface area (TPSA) is 88.6 Å². The number of carbonyl (C=O) groups excluding carboxylic acids is 1. The van der Waals surface area contributed by atoms with Gasteiger partial charge in [-0.2, -0.15) is 5.10 Å². The van der Waals surface area contributed by atoms with Gasteiger partial charge in [0.15, 0.2) is 0 Å². The maximum absolute atomic E-state index is 13.1. The van der Waals surface area contributed by atoms with E-state index < -0.39 is 0 Å². The van der Waals surface area contributed by atoms with E-state index in [1.165, 1.54) is 15.3 Å². The molecule has 4 aromatic rings. The number of amides is 1. The SMILES string of the molecule is Cc1ccc(CNC(=O)Cn2ccn3nc(-c4ccc(C)cc4)c(CO)c3c2=O)cc1. The minimum absolute atomic E-state index is 0.114. The maximum Gasteiger partial charge on any atom is 0.277 e. The Bertz CT molecular complexity index is 1290. The van der Waals surface area contributed by atoms with E-state index in [2.05, 4.69) is 10.4 Å². The zero-order valence-electron chi connectivity index (χ0n) is 17.5. The monoisotopic (exact) mass is 416 g/mol. The molecule has 1 amide bonds. The number of nitrogens with zero attached hydrogens (tertiary/aromatic N) is 3. The number of hydrogen-bond acceptors (Lipinski definition) is 4.